The van der Waals surface area contributed by atoms with Crippen LogP contribution in [0.3, 0.4) is 0 Å². The van der Waals surface area contributed by atoms with Crippen LogP contribution in [0.1, 0.15) is 5.56 Å². The van der Waals surface area contributed by atoms with E-state index in [0.29, 0.717) is 6.54 Å². The van der Waals surface area contributed by atoms with E-state index in [-0.39, 0.29) is 18.0 Å². The maximum Gasteiger partial charge on any atom is 0.483 e. The molecule has 0 aliphatic rings. The number of rotatable bonds is 6. The SMILES string of the molecule is Cn1cc(CNCCN=S(=O)(c2ccccc2)C(F)(F)F)cn1. The molecule has 0 saturated carbocycles. The number of aryl methyl sites for hydroxylation is 1. The lowest BCUT2D eigenvalue weighted by Gasteiger charge is -2.14. The fraction of sp³-hybridized carbons (Fsp3) is 0.357. The lowest BCUT2D eigenvalue weighted by Crippen LogP contribution is -2.25. The monoisotopic (exact) mass is 346 g/mol. The van der Waals surface area contributed by atoms with E-state index in [1.807, 2.05) is 0 Å². The highest BCUT2D eigenvalue weighted by molar-refractivity contribution is 7.94. The molecule has 1 aromatic heterocycles. The van der Waals surface area contributed by atoms with Crippen LogP contribution in [-0.2, 0) is 23.3 Å². The largest absolute Gasteiger partial charge is 0.483 e. The third-order valence-electron chi connectivity index (χ3n) is 3.03. The average molecular weight is 346 g/mol. The van der Waals surface area contributed by atoms with Gasteiger partial charge in [-0.05, 0) is 12.1 Å². The van der Waals surface area contributed by atoms with Gasteiger partial charge in [-0.15, -0.1) is 0 Å². The molecule has 23 heavy (non-hydrogen) atoms. The van der Waals surface area contributed by atoms with E-state index in [0.717, 1.165) is 5.56 Å². The Morgan fingerprint density at radius 1 is 1.30 bits per heavy atom. The summed E-state index contributed by atoms with van der Waals surface area (Å²) in [5.41, 5.74) is -4.00. The maximum absolute atomic E-state index is 13.2. The van der Waals surface area contributed by atoms with Crippen molar-refractivity contribution in [3.05, 3.63) is 48.3 Å². The first kappa shape index (κ1) is 17.5. The number of halogens is 3. The Kier molecular flexibility index (Phi) is 5.42. The Bertz CT molecular complexity index is 749. The molecule has 0 aliphatic heterocycles. The third kappa shape index (κ3) is 4.32. The van der Waals surface area contributed by atoms with Crippen LogP contribution in [0.2, 0.25) is 0 Å². The fourth-order valence-electron chi connectivity index (χ4n) is 1.94. The molecular weight excluding hydrogens is 329 g/mol. The molecular formula is C14H17F3N4OS. The van der Waals surface area contributed by atoms with E-state index >= 15 is 0 Å². The van der Waals surface area contributed by atoms with Crippen LogP contribution in [0.25, 0.3) is 0 Å². The number of alkyl halides is 3. The van der Waals surface area contributed by atoms with Crippen LogP contribution in [0.5, 0.6) is 0 Å². The standard InChI is InChI=1S/C14H17F3N4OS/c1-21-11-12(10-19-21)9-18-7-8-20-23(22,14(15,16)17)13-5-3-2-4-6-13/h2-6,10-11,18H,7-9H2,1H3. The summed E-state index contributed by atoms with van der Waals surface area (Å²) in [7, 11) is -2.68. The van der Waals surface area contributed by atoms with Gasteiger partial charge in [0.05, 0.1) is 17.6 Å². The molecule has 0 fully saturated rings. The summed E-state index contributed by atoms with van der Waals surface area (Å²) in [5.74, 6) is 0. The lowest BCUT2D eigenvalue weighted by atomic mass is 10.3. The molecule has 1 atom stereocenters. The number of hydrogen-bond donors (Lipinski definition) is 1. The zero-order chi connectivity index (χ0) is 16.9. The minimum absolute atomic E-state index is 0.189. The Labute approximate surface area is 132 Å². The Morgan fingerprint density at radius 3 is 2.57 bits per heavy atom. The van der Waals surface area contributed by atoms with Crippen LogP contribution in [0.4, 0.5) is 13.2 Å². The number of benzene rings is 1. The molecule has 2 rings (SSSR count). The molecule has 1 aromatic carbocycles. The highest BCUT2D eigenvalue weighted by Gasteiger charge is 2.44. The van der Waals surface area contributed by atoms with E-state index in [1.165, 1.54) is 24.3 Å². The van der Waals surface area contributed by atoms with Crippen molar-refractivity contribution in [3.63, 3.8) is 0 Å². The molecule has 0 bridgehead atoms. The summed E-state index contributed by atoms with van der Waals surface area (Å²) >= 11 is 0. The molecule has 0 saturated heterocycles. The van der Waals surface area contributed by atoms with Crippen molar-refractivity contribution in [1.82, 2.24) is 15.1 Å². The van der Waals surface area contributed by atoms with Crippen LogP contribution in [0.15, 0.2) is 52.0 Å². The third-order valence-corrected chi connectivity index (χ3v) is 5.11. The summed E-state index contributed by atoms with van der Waals surface area (Å²) in [6.45, 7) is 0.449. The van der Waals surface area contributed by atoms with Crippen molar-refractivity contribution in [3.8, 4) is 0 Å². The van der Waals surface area contributed by atoms with Gasteiger partial charge in [0.15, 0.2) is 9.73 Å². The second-order valence-electron chi connectivity index (χ2n) is 4.84. The first-order valence-electron chi connectivity index (χ1n) is 6.85. The zero-order valence-electron chi connectivity index (χ0n) is 12.5. The summed E-state index contributed by atoms with van der Waals surface area (Å²) in [6, 6.07) is 6.76. The van der Waals surface area contributed by atoms with Gasteiger partial charge in [-0.3, -0.25) is 4.68 Å². The molecule has 1 N–H and O–H groups in total. The molecule has 2 aromatic rings. The normalized spacial score (nSPS) is 14.4. The highest BCUT2D eigenvalue weighted by Crippen LogP contribution is 2.32. The molecule has 0 amide bonds. The summed E-state index contributed by atoms with van der Waals surface area (Å²) in [4.78, 5) is -0.320. The van der Waals surface area contributed by atoms with E-state index in [9.17, 15) is 17.4 Å². The average Bonchev–Trinajstić information content (AvgIpc) is 2.92. The molecule has 1 heterocycles. The van der Waals surface area contributed by atoms with Gasteiger partial charge < -0.3 is 5.32 Å². The van der Waals surface area contributed by atoms with Gasteiger partial charge >= 0.3 is 5.51 Å². The number of nitrogens with one attached hydrogen (secondary N) is 1. The Morgan fingerprint density at radius 2 is 2.00 bits per heavy atom. The minimum Gasteiger partial charge on any atom is -0.311 e. The van der Waals surface area contributed by atoms with Gasteiger partial charge in [0.2, 0.25) is 0 Å². The van der Waals surface area contributed by atoms with E-state index in [1.54, 1.807) is 30.2 Å². The maximum atomic E-state index is 13.2. The second kappa shape index (κ2) is 7.14. The van der Waals surface area contributed by atoms with Gasteiger partial charge in [0.25, 0.3) is 0 Å². The van der Waals surface area contributed by atoms with Gasteiger partial charge in [0, 0.05) is 31.9 Å². The van der Waals surface area contributed by atoms with E-state index < -0.39 is 15.2 Å². The number of aromatic nitrogens is 2. The van der Waals surface area contributed by atoms with Gasteiger partial charge in [-0.1, -0.05) is 18.2 Å². The topological polar surface area (TPSA) is 59.3 Å². The van der Waals surface area contributed by atoms with Crippen molar-refractivity contribution in [2.24, 2.45) is 11.4 Å². The first-order chi connectivity index (χ1) is 10.8. The number of nitrogens with zero attached hydrogens (tertiary/aromatic N) is 3. The predicted octanol–water partition coefficient (Wildman–Crippen LogP) is 2.56. The van der Waals surface area contributed by atoms with Gasteiger partial charge in [-0.25, -0.2) is 8.57 Å². The summed E-state index contributed by atoms with van der Waals surface area (Å²) in [5, 5.41) is 6.94. The molecule has 9 heteroatoms. The Hall–Kier alpha value is -1.87. The van der Waals surface area contributed by atoms with E-state index in [4.69, 9.17) is 0 Å². The van der Waals surface area contributed by atoms with Crippen LogP contribution in [0, 0.1) is 0 Å². The first-order valence-corrected chi connectivity index (χ1v) is 8.37. The van der Waals surface area contributed by atoms with Gasteiger partial charge in [0.1, 0.15) is 0 Å². The summed E-state index contributed by atoms with van der Waals surface area (Å²) in [6.07, 6.45) is 3.46. The Balaban J connectivity index is 2.03. The quantitative estimate of drug-likeness (QED) is 0.818. The molecule has 1 unspecified atom stereocenters. The summed E-state index contributed by atoms with van der Waals surface area (Å²) < 4.78 is 56.9. The van der Waals surface area contributed by atoms with Crippen molar-refractivity contribution in [2.45, 2.75) is 16.9 Å². The van der Waals surface area contributed by atoms with Crippen LogP contribution >= 0.6 is 0 Å². The predicted molar refractivity (Wildman–Crippen MR) is 81.1 cm³/mol. The van der Waals surface area contributed by atoms with Crippen molar-refractivity contribution < 1.29 is 17.4 Å². The lowest BCUT2D eigenvalue weighted by molar-refractivity contribution is -0.0403. The van der Waals surface area contributed by atoms with Crippen molar-refractivity contribution in [2.75, 3.05) is 13.1 Å². The fourth-order valence-corrected chi connectivity index (χ4v) is 3.37. The van der Waals surface area contributed by atoms with Crippen molar-refractivity contribution >= 4 is 9.73 Å². The van der Waals surface area contributed by atoms with E-state index in [2.05, 4.69) is 14.8 Å². The van der Waals surface area contributed by atoms with Crippen molar-refractivity contribution in [1.29, 1.82) is 0 Å². The van der Waals surface area contributed by atoms with Crippen LogP contribution < -0.4 is 5.32 Å². The second-order valence-corrected chi connectivity index (χ2v) is 7.08. The minimum atomic E-state index is -4.91. The molecule has 0 aliphatic carbocycles. The molecule has 5 nitrogen and oxygen atoms in total. The smallest absolute Gasteiger partial charge is 0.311 e. The van der Waals surface area contributed by atoms with Crippen LogP contribution in [-0.4, -0.2) is 32.6 Å². The van der Waals surface area contributed by atoms with Gasteiger partial charge in [-0.2, -0.15) is 18.3 Å². The number of hydrogen-bond acceptors (Lipinski definition) is 4. The zero-order valence-corrected chi connectivity index (χ0v) is 13.3. The molecule has 0 radical (unpaired) electrons. The highest BCUT2D eigenvalue weighted by atomic mass is 32.2. The molecule has 126 valence electrons. The molecule has 0 spiro atoms.